The molecule has 0 saturated carbocycles. The Kier molecular flexibility index (Phi) is 7.56. The number of rotatable bonds is 7. The molecule has 1 heterocycles. The average molecular weight is 413 g/mol. The maximum absolute atomic E-state index is 13.0. The van der Waals surface area contributed by atoms with Crippen LogP contribution in [0.2, 0.25) is 0 Å². The van der Waals surface area contributed by atoms with Gasteiger partial charge < -0.3 is 14.4 Å². The Balaban J connectivity index is 2.30. The molecule has 1 saturated heterocycles. The number of hydrogen-bond acceptors (Lipinski definition) is 6. The molecule has 9 heteroatoms. The first-order chi connectivity index (χ1) is 13.2. The minimum Gasteiger partial charge on any atom is -0.469 e. The highest BCUT2D eigenvalue weighted by atomic mass is 32.2. The molecule has 1 fully saturated rings. The zero-order chi connectivity index (χ0) is 20.9. The van der Waals surface area contributed by atoms with Crippen molar-refractivity contribution in [2.45, 2.75) is 25.7 Å². The van der Waals surface area contributed by atoms with Crippen LogP contribution < -0.4 is 0 Å². The summed E-state index contributed by atoms with van der Waals surface area (Å²) in [6, 6.07) is 4.58. The van der Waals surface area contributed by atoms with E-state index >= 15 is 0 Å². The van der Waals surface area contributed by atoms with Gasteiger partial charge in [0.05, 0.1) is 31.1 Å². The van der Waals surface area contributed by atoms with Crippen molar-refractivity contribution in [3.63, 3.8) is 0 Å². The summed E-state index contributed by atoms with van der Waals surface area (Å²) >= 11 is 0. The highest BCUT2D eigenvalue weighted by Gasteiger charge is 2.28. The molecule has 1 aromatic rings. The predicted octanol–water partition coefficient (Wildman–Crippen LogP) is 1.29. The van der Waals surface area contributed by atoms with Gasteiger partial charge in [-0.05, 0) is 31.5 Å². The molecule has 1 aliphatic rings. The highest BCUT2D eigenvalue weighted by molar-refractivity contribution is 7.89. The lowest BCUT2D eigenvalue weighted by atomic mass is 10.1. The monoisotopic (exact) mass is 412 g/mol. The Hall–Kier alpha value is -1.97. The van der Waals surface area contributed by atoms with E-state index in [0.717, 1.165) is 0 Å². The van der Waals surface area contributed by atoms with E-state index in [4.69, 9.17) is 9.47 Å². The van der Waals surface area contributed by atoms with Gasteiger partial charge in [-0.2, -0.15) is 4.31 Å². The molecule has 1 atom stereocenters. The minimum absolute atomic E-state index is 0.0837. The third-order valence-corrected chi connectivity index (χ3v) is 6.71. The van der Waals surface area contributed by atoms with E-state index in [0.29, 0.717) is 30.9 Å². The van der Waals surface area contributed by atoms with Gasteiger partial charge in [-0.25, -0.2) is 8.42 Å². The number of morpholine rings is 1. The third-order valence-electron chi connectivity index (χ3n) is 4.81. The van der Waals surface area contributed by atoms with Crippen LogP contribution >= 0.6 is 0 Å². The van der Waals surface area contributed by atoms with Crippen LogP contribution in [0.15, 0.2) is 23.1 Å². The van der Waals surface area contributed by atoms with Crippen LogP contribution in [0.4, 0.5) is 0 Å². The SMILES string of the molecule is CCN(CC(C)C(=O)OC)C(=O)c1cc(S(=O)(=O)N2CCOCC2)ccc1C. The summed E-state index contributed by atoms with van der Waals surface area (Å²) < 4.78 is 37.1. The van der Waals surface area contributed by atoms with Gasteiger partial charge in [-0.1, -0.05) is 13.0 Å². The van der Waals surface area contributed by atoms with E-state index in [1.165, 1.54) is 28.4 Å². The van der Waals surface area contributed by atoms with Crippen LogP contribution in [0, 0.1) is 12.8 Å². The molecular weight excluding hydrogens is 384 g/mol. The van der Waals surface area contributed by atoms with Crippen molar-refractivity contribution in [2.75, 3.05) is 46.5 Å². The smallest absolute Gasteiger partial charge is 0.310 e. The number of carbonyl (C=O) groups is 2. The Bertz CT molecular complexity index is 818. The molecule has 0 aromatic heterocycles. The largest absolute Gasteiger partial charge is 0.469 e. The van der Waals surface area contributed by atoms with E-state index in [2.05, 4.69) is 0 Å². The third kappa shape index (κ3) is 4.89. The van der Waals surface area contributed by atoms with Gasteiger partial charge in [-0.3, -0.25) is 9.59 Å². The minimum atomic E-state index is -3.70. The van der Waals surface area contributed by atoms with Crippen LogP contribution in [-0.2, 0) is 24.3 Å². The fourth-order valence-corrected chi connectivity index (χ4v) is 4.49. The van der Waals surface area contributed by atoms with Gasteiger partial charge in [0, 0.05) is 31.7 Å². The Morgan fingerprint density at radius 3 is 2.50 bits per heavy atom. The van der Waals surface area contributed by atoms with E-state index in [9.17, 15) is 18.0 Å². The molecule has 1 aromatic carbocycles. The van der Waals surface area contributed by atoms with Crippen molar-refractivity contribution in [1.29, 1.82) is 0 Å². The molecule has 28 heavy (non-hydrogen) atoms. The van der Waals surface area contributed by atoms with Gasteiger partial charge in [0.2, 0.25) is 10.0 Å². The van der Waals surface area contributed by atoms with Crippen molar-refractivity contribution in [2.24, 2.45) is 5.92 Å². The first kappa shape index (κ1) is 22.3. The molecule has 1 amide bonds. The van der Waals surface area contributed by atoms with E-state index in [1.807, 2.05) is 6.92 Å². The van der Waals surface area contributed by atoms with Crippen molar-refractivity contribution >= 4 is 21.9 Å². The molecule has 8 nitrogen and oxygen atoms in total. The molecule has 0 bridgehead atoms. The number of amides is 1. The molecule has 156 valence electrons. The lowest BCUT2D eigenvalue weighted by molar-refractivity contribution is -0.145. The molecular formula is C19H28N2O6S. The summed E-state index contributed by atoms with van der Waals surface area (Å²) in [7, 11) is -2.39. The number of esters is 1. The van der Waals surface area contributed by atoms with E-state index < -0.39 is 21.9 Å². The van der Waals surface area contributed by atoms with E-state index in [-0.39, 0.29) is 30.4 Å². The first-order valence-corrected chi connectivity index (χ1v) is 10.7. The maximum Gasteiger partial charge on any atom is 0.310 e. The lowest BCUT2D eigenvalue weighted by Gasteiger charge is -2.27. The number of aryl methyl sites for hydroxylation is 1. The normalized spacial score (nSPS) is 16.4. The second-order valence-corrected chi connectivity index (χ2v) is 8.70. The quantitative estimate of drug-likeness (QED) is 0.627. The van der Waals surface area contributed by atoms with Crippen molar-refractivity contribution in [3.8, 4) is 0 Å². The first-order valence-electron chi connectivity index (χ1n) is 9.28. The average Bonchev–Trinajstić information content (AvgIpc) is 2.71. The Morgan fingerprint density at radius 2 is 1.93 bits per heavy atom. The summed E-state index contributed by atoms with van der Waals surface area (Å²) in [5.74, 6) is -1.18. The van der Waals surface area contributed by atoms with Crippen LogP contribution in [0.25, 0.3) is 0 Å². The number of methoxy groups -OCH3 is 1. The number of sulfonamides is 1. The molecule has 0 N–H and O–H groups in total. The van der Waals surface area contributed by atoms with Crippen LogP contribution in [0.3, 0.4) is 0 Å². The molecule has 1 aliphatic heterocycles. The number of hydrogen-bond donors (Lipinski definition) is 0. The van der Waals surface area contributed by atoms with E-state index in [1.54, 1.807) is 19.9 Å². The number of benzene rings is 1. The zero-order valence-corrected chi connectivity index (χ0v) is 17.6. The van der Waals surface area contributed by atoms with Gasteiger partial charge >= 0.3 is 5.97 Å². The van der Waals surface area contributed by atoms with Crippen LogP contribution in [0.1, 0.15) is 29.8 Å². The second-order valence-electron chi connectivity index (χ2n) is 6.76. The van der Waals surface area contributed by atoms with Crippen LogP contribution in [0.5, 0.6) is 0 Å². The summed E-state index contributed by atoms with van der Waals surface area (Å²) in [4.78, 5) is 26.3. The summed E-state index contributed by atoms with van der Waals surface area (Å²) in [5.41, 5.74) is 0.989. The molecule has 0 radical (unpaired) electrons. The molecule has 0 spiro atoms. The van der Waals surface area contributed by atoms with Crippen LogP contribution in [-0.4, -0.2) is 76.0 Å². The van der Waals surface area contributed by atoms with Gasteiger partial charge in [0.15, 0.2) is 0 Å². The lowest BCUT2D eigenvalue weighted by Crippen LogP contribution is -2.41. The number of ether oxygens (including phenoxy) is 2. The highest BCUT2D eigenvalue weighted by Crippen LogP contribution is 2.22. The van der Waals surface area contributed by atoms with Gasteiger partial charge in [-0.15, -0.1) is 0 Å². The fourth-order valence-electron chi connectivity index (χ4n) is 3.06. The summed E-state index contributed by atoms with van der Waals surface area (Å²) in [6.07, 6.45) is 0. The number of nitrogens with zero attached hydrogens (tertiary/aromatic N) is 2. The Morgan fingerprint density at radius 1 is 1.29 bits per heavy atom. The Labute approximate surface area is 166 Å². The second kappa shape index (κ2) is 9.49. The molecule has 2 rings (SSSR count). The maximum atomic E-state index is 13.0. The zero-order valence-electron chi connectivity index (χ0n) is 16.8. The fraction of sp³-hybridized carbons (Fsp3) is 0.579. The summed E-state index contributed by atoms with van der Waals surface area (Å²) in [5, 5.41) is 0. The van der Waals surface area contributed by atoms with Crippen molar-refractivity contribution < 1.29 is 27.5 Å². The van der Waals surface area contributed by atoms with Gasteiger partial charge in [0.25, 0.3) is 5.91 Å². The van der Waals surface area contributed by atoms with Crippen molar-refractivity contribution in [3.05, 3.63) is 29.3 Å². The number of carbonyl (C=O) groups excluding carboxylic acids is 2. The molecule has 1 unspecified atom stereocenters. The van der Waals surface area contributed by atoms with Gasteiger partial charge in [0.1, 0.15) is 0 Å². The predicted molar refractivity (Wildman–Crippen MR) is 104 cm³/mol. The standard InChI is InChI=1S/C19H28N2O6S/c1-5-20(13-15(3)19(23)26-4)18(22)17-12-16(7-6-14(17)2)28(24,25)21-8-10-27-11-9-21/h6-7,12,15H,5,8-11,13H2,1-4H3. The molecule has 0 aliphatic carbocycles. The summed E-state index contributed by atoms with van der Waals surface area (Å²) in [6.45, 7) is 7.13. The van der Waals surface area contributed by atoms with Crippen molar-refractivity contribution in [1.82, 2.24) is 9.21 Å². The topological polar surface area (TPSA) is 93.2 Å².